The Morgan fingerprint density at radius 2 is 1.93 bits per heavy atom. The van der Waals surface area contributed by atoms with Crippen LogP contribution in [0.15, 0.2) is 22.7 Å². The second kappa shape index (κ2) is 10.2. The first-order valence-corrected chi connectivity index (χ1v) is 10.7. The van der Waals surface area contributed by atoms with Crippen molar-refractivity contribution >= 4 is 33.4 Å². The third-order valence-electron chi connectivity index (χ3n) is 5.51. The SMILES string of the molecule is CCN(C(=O)C(C)N(C)CC(=O)Nc1ccc(Br)cc1C)C1CCCCC1. The molecule has 1 saturated carbocycles. The molecule has 0 aliphatic heterocycles. The molecule has 1 aliphatic rings. The Balaban J connectivity index is 1.93. The van der Waals surface area contributed by atoms with Crippen LogP contribution in [0.5, 0.6) is 0 Å². The van der Waals surface area contributed by atoms with Crippen molar-refractivity contribution in [2.45, 2.75) is 65.0 Å². The monoisotopic (exact) mass is 437 g/mol. The van der Waals surface area contributed by atoms with Crippen molar-refractivity contribution in [3.63, 3.8) is 0 Å². The minimum atomic E-state index is -0.316. The molecule has 1 aliphatic carbocycles. The van der Waals surface area contributed by atoms with E-state index in [9.17, 15) is 9.59 Å². The molecule has 5 nitrogen and oxygen atoms in total. The van der Waals surface area contributed by atoms with Crippen molar-refractivity contribution in [1.29, 1.82) is 0 Å². The van der Waals surface area contributed by atoms with Gasteiger partial charge in [-0.05, 0) is 64.4 Å². The van der Waals surface area contributed by atoms with Gasteiger partial charge >= 0.3 is 0 Å². The molecule has 0 spiro atoms. The van der Waals surface area contributed by atoms with Gasteiger partial charge in [-0.3, -0.25) is 14.5 Å². The van der Waals surface area contributed by atoms with E-state index in [1.54, 1.807) is 0 Å². The first kappa shape index (κ1) is 21.9. The molecule has 6 heteroatoms. The van der Waals surface area contributed by atoms with E-state index >= 15 is 0 Å². The van der Waals surface area contributed by atoms with Crippen LogP contribution in [-0.2, 0) is 9.59 Å². The molecule has 1 aromatic rings. The van der Waals surface area contributed by atoms with Crippen molar-refractivity contribution in [3.8, 4) is 0 Å². The Labute approximate surface area is 171 Å². The Hall–Kier alpha value is -1.40. The molecule has 1 unspecified atom stereocenters. The number of likely N-dealkylation sites (N-methyl/N-ethyl adjacent to an activating group) is 2. The first-order valence-electron chi connectivity index (χ1n) is 9.90. The molecule has 2 amide bonds. The van der Waals surface area contributed by atoms with Gasteiger partial charge in [-0.2, -0.15) is 0 Å². The lowest BCUT2D eigenvalue weighted by molar-refractivity contribution is -0.139. The van der Waals surface area contributed by atoms with E-state index in [1.165, 1.54) is 19.3 Å². The molecule has 1 fully saturated rings. The molecule has 2 rings (SSSR count). The van der Waals surface area contributed by atoms with E-state index in [4.69, 9.17) is 0 Å². The summed E-state index contributed by atoms with van der Waals surface area (Å²) in [5.41, 5.74) is 1.80. The quantitative estimate of drug-likeness (QED) is 0.695. The van der Waals surface area contributed by atoms with Crippen LogP contribution in [0.2, 0.25) is 0 Å². The van der Waals surface area contributed by atoms with E-state index in [1.807, 2.05) is 55.8 Å². The highest BCUT2D eigenvalue weighted by molar-refractivity contribution is 9.10. The Morgan fingerprint density at radius 3 is 2.52 bits per heavy atom. The van der Waals surface area contributed by atoms with Crippen molar-refractivity contribution in [1.82, 2.24) is 9.80 Å². The highest BCUT2D eigenvalue weighted by atomic mass is 79.9. The number of nitrogens with zero attached hydrogens (tertiary/aromatic N) is 2. The maximum atomic E-state index is 13.0. The number of amides is 2. The Morgan fingerprint density at radius 1 is 1.26 bits per heavy atom. The molecule has 0 aromatic heterocycles. The van der Waals surface area contributed by atoms with Crippen LogP contribution < -0.4 is 5.32 Å². The van der Waals surface area contributed by atoms with Crippen LogP contribution in [0.4, 0.5) is 5.69 Å². The van der Waals surface area contributed by atoms with Crippen LogP contribution in [0.25, 0.3) is 0 Å². The van der Waals surface area contributed by atoms with Gasteiger partial charge in [0, 0.05) is 22.7 Å². The van der Waals surface area contributed by atoms with E-state index in [-0.39, 0.29) is 24.4 Å². The molecule has 0 heterocycles. The number of anilines is 1. The largest absolute Gasteiger partial charge is 0.339 e. The van der Waals surface area contributed by atoms with Gasteiger partial charge in [-0.15, -0.1) is 0 Å². The molecular weight excluding hydrogens is 406 g/mol. The summed E-state index contributed by atoms with van der Waals surface area (Å²) in [5.74, 6) is 0.0165. The molecule has 0 saturated heterocycles. The standard InChI is InChI=1S/C21H32BrN3O2/c1-5-25(18-9-7-6-8-10-18)21(27)16(3)24(4)14-20(26)23-19-12-11-17(22)13-15(19)2/h11-13,16,18H,5-10,14H2,1-4H3,(H,23,26). The van der Waals surface area contributed by atoms with E-state index in [0.29, 0.717) is 6.04 Å². The molecule has 1 aromatic carbocycles. The highest BCUT2D eigenvalue weighted by Crippen LogP contribution is 2.24. The van der Waals surface area contributed by atoms with Crippen molar-refractivity contribution in [2.24, 2.45) is 0 Å². The molecule has 27 heavy (non-hydrogen) atoms. The summed E-state index contributed by atoms with van der Waals surface area (Å²) < 4.78 is 0.983. The maximum absolute atomic E-state index is 13.0. The summed E-state index contributed by atoms with van der Waals surface area (Å²) in [6, 6.07) is 5.79. The van der Waals surface area contributed by atoms with Crippen molar-refractivity contribution in [3.05, 3.63) is 28.2 Å². The molecule has 0 bridgehead atoms. The Bertz CT molecular complexity index is 659. The molecular formula is C21H32BrN3O2. The van der Waals surface area contributed by atoms with Gasteiger partial charge in [0.25, 0.3) is 0 Å². The third-order valence-corrected chi connectivity index (χ3v) is 6.01. The molecule has 0 radical (unpaired) electrons. The minimum Gasteiger partial charge on any atom is -0.339 e. The number of rotatable bonds is 7. The maximum Gasteiger partial charge on any atom is 0.239 e. The van der Waals surface area contributed by atoms with E-state index in [2.05, 4.69) is 21.2 Å². The third kappa shape index (κ3) is 6.04. The molecule has 1 N–H and O–H groups in total. The lowest BCUT2D eigenvalue weighted by Gasteiger charge is -2.37. The normalized spacial score (nSPS) is 16.2. The van der Waals surface area contributed by atoms with E-state index < -0.39 is 0 Å². The lowest BCUT2D eigenvalue weighted by atomic mass is 9.93. The predicted molar refractivity (Wildman–Crippen MR) is 114 cm³/mol. The summed E-state index contributed by atoms with van der Waals surface area (Å²) in [7, 11) is 1.84. The summed E-state index contributed by atoms with van der Waals surface area (Å²) >= 11 is 3.43. The van der Waals surface area contributed by atoms with E-state index in [0.717, 1.165) is 35.1 Å². The van der Waals surface area contributed by atoms with Crippen LogP contribution in [-0.4, -0.2) is 53.8 Å². The Kier molecular flexibility index (Phi) is 8.29. The van der Waals surface area contributed by atoms with Gasteiger partial charge in [-0.25, -0.2) is 0 Å². The fourth-order valence-electron chi connectivity index (χ4n) is 3.74. The number of halogens is 1. The highest BCUT2D eigenvalue weighted by Gasteiger charge is 2.29. The van der Waals surface area contributed by atoms with Crippen molar-refractivity contribution < 1.29 is 9.59 Å². The summed E-state index contributed by atoms with van der Waals surface area (Å²) in [4.78, 5) is 29.3. The second-order valence-corrected chi connectivity index (χ2v) is 8.43. The summed E-state index contributed by atoms with van der Waals surface area (Å²) in [6.07, 6.45) is 5.87. The van der Waals surface area contributed by atoms with Crippen molar-refractivity contribution in [2.75, 3.05) is 25.5 Å². The average molecular weight is 438 g/mol. The fraction of sp³-hybridized carbons (Fsp3) is 0.619. The summed E-state index contributed by atoms with van der Waals surface area (Å²) in [5, 5.41) is 2.94. The predicted octanol–water partition coefficient (Wildman–Crippen LogP) is 4.20. The zero-order chi connectivity index (χ0) is 20.0. The zero-order valence-electron chi connectivity index (χ0n) is 16.9. The number of benzene rings is 1. The smallest absolute Gasteiger partial charge is 0.239 e. The van der Waals surface area contributed by atoms with Gasteiger partial charge in [0.05, 0.1) is 12.6 Å². The lowest BCUT2D eigenvalue weighted by Crippen LogP contribution is -2.51. The number of hydrogen-bond acceptors (Lipinski definition) is 3. The second-order valence-electron chi connectivity index (χ2n) is 7.51. The number of aryl methyl sites for hydroxylation is 1. The zero-order valence-corrected chi connectivity index (χ0v) is 18.5. The molecule has 150 valence electrons. The summed E-state index contributed by atoms with van der Waals surface area (Å²) in [6.45, 7) is 6.81. The average Bonchev–Trinajstić information content (AvgIpc) is 2.64. The number of carbonyl (C=O) groups is 2. The van der Waals surface area contributed by atoms with Crippen LogP contribution in [0, 0.1) is 6.92 Å². The van der Waals surface area contributed by atoms with Crippen LogP contribution in [0.3, 0.4) is 0 Å². The van der Waals surface area contributed by atoms with Gasteiger partial charge in [-0.1, -0.05) is 35.2 Å². The number of hydrogen-bond donors (Lipinski definition) is 1. The fourth-order valence-corrected chi connectivity index (χ4v) is 4.21. The van der Waals surface area contributed by atoms with Gasteiger partial charge < -0.3 is 10.2 Å². The number of carbonyl (C=O) groups excluding carboxylic acids is 2. The minimum absolute atomic E-state index is 0.108. The van der Waals surface area contributed by atoms with Crippen LogP contribution >= 0.6 is 15.9 Å². The van der Waals surface area contributed by atoms with Gasteiger partial charge in [0.1, 0.15) is 0 Å². The van der Waals surface area contributed by atoms with Gasteiger partial charge in [0.2, 0.25) is 11.8 Å². The topological polar surface area (TPSA) is 52.7 Å². The molecule has 1 atom stereocenters. The first-order chi connectivity index (χ1) is 12.8. The number of nitrogens with one attached hydrogen (secondary N) is 1. The van der Waals surface area contributed by atoms with Crippen LogP contribution in [0.1, 0.15) is 51.5 Å². The van der Waals surface area contributed by atoms with Gasteiger partial charge in [0.15, 0.2) is 0 Å².